The molecule has 2 amide bonds. The van der Waals surface area contributed by atoms with Crippen LogP contribution >= 0.6 is 0 Å². The average molecular weight is 360 g/mol. The van der Waals surface area contributed by atoms with Gasteiger partial charge in [0.05, 0.1) is 18.5 Å². The summed E-state index contributed by atoms with van der Waals surface area (Å²) >= 11 is 0. The van der Waals surface area contributed by atoms with Crippen LogP contribution in [0.25, 0.3) is 0 Å². The van der Waals surface area contributed by atoms with E-state index in [0.717, 1.165) is 23.4 Å². The first-order chi connectivity index (χ1) is 12.5. The first kappa shape index (κ1) is 18.2. The largest absolute Gasteiger partial charge is 0.456 e. The van der Waals surface area contributed by atoms with Crippen molar-refractivity contribution in [2.45, 2.75) is 45.3 Å². The number of nitrogens with zero attached hydrogens (tertiary/aromatic N) is 2. The van der Waals surface area contributed by atoms with E-state index < -0.39 is 12.1 Å². The standard InChI is InChI=1S/C18H24N4O4/c1-3-15-11(2)6-16(26-15)18(25)22-8-13(14(23)9-22)21-17(24)5-4-12-7-19-10-20-12/h6-7,10,13-14,23H,3-5,8-9H2,1-2H3,(H,19,20)(H,21,24)/t13-,14+/m0/s1. The van der Waals surface area contributed by atoms with Crippen LogP contribution in [0.2, 0.25) is 0 Å². The van der Waals surface area contributed by atoms with Crippen LogP contribution in [0.3, 0.4) is 0 Å². The predicted octanol–water partition coefficient (Wildman–Crippen LogP) is 0.808. The second kappa shape index (κ2) is 7.74. The number of imidazole rings is 1. The van der Waals surface area contributed by atoms with Gasteiger partial charge in [-0.25, -0.2) is 4.98 Å². The van der Waals surface area contributed by atoms with E-state index in [4.69, 9.17) is 4.42 Å². The Kier molecular flexibility index (Phi) is 5.41. The summed E-state index contributed by atoms with van der Waals surface area (Å²) in [6.45, 7) is 4.30. The third-order valence-corrected chi connectivity index (χ3v) is 4.65. The summed E-state index contributed by atoms with van der Waals surface area (Å²) in [5.74, 6) is 0.635. The van der Waals surface area contributed by atoms with Gasteiger partial charge in [0.15, 0.2) is 5.76 Å². The summed E-state index contributed by atoms with van der Waals surface area (Å²) in [5, 5.41) is 13.0. The minimum absolute atomic E-state index is 0.167. The lowest BCUT2D eigenvalue weighted by atomic mass is 10.2. The lowest BCUT2D eigenvalue weighted by Crippen LogP contribution is -2.43. The number of aromatic amines is 1. The number of rotatable bonds is 6. The number of aromatic nitrogens is 2. The number of aliphatic hydroxyl groups is 1. The number of nitrogens with one attached hydrogen (secondary N) is 2. The number of carbonyl (C=O) groups excluding carboxylic acids is 2. The molecule has 8 heteroatoms. The number of β-amino-alcohol motifs (C(OH)–C–C–N with tert-alkyl or cyclic N) is 1. The molecule has 0 spiro atoms. The maximum atomic E-state index is 12.6. The van der Waals surface area contributed by atoms with Crippen LogP contribution < -0.4 is 5.32 Å². The number of hydrogen-bond donors (Lipinski definition) is 3. The lowest BCUT2D eigenvalue weighted by molar-refractivity contribution is -0.122. The highest BCUT2D eigenvalue weighted by atomic mass is 16.4. The van der Waals surface area contributed by atoms with E-state index in [1.165, 1.54) is 4.90 Å². The fourth-order valence-electron chi connectivity index (χ4n) is 3.17. The zero-order chi connectivity index (χ0) is 18.7. The molecular formula is C18H24N4O4. The van der Waals surface area contributed by atoms with Crippen molar-refractivity contribution < 1.29 is 19.1 Å². The molecule has 0 aliphatic carbocycles. The molecule has 2 aromatic heterocycles. The summed E-state index contributed by atoms with van der Waals surface area (Å²) in [6, 6.07) is 1.25. The van der Waals surface area contributed by atoms with Gasteiger partial charge < -0.3 is 24.7 Å². The van der Waals surface area contributed by atoms with Gasteiger partial charge in [-0.1, -0.05) is 6.92 Å². The van der Waals surface area contributed by atoms with Crippen molar-refractivity contribution in [3.05, 3.63) is 41.4 Å². The monoisotopic (exact) mass is 360 g/mol. The number of likely N-dealkylation sites (tertiary alicyclic amines) is 1. The smallest absolute Gasteiger partial charge is 0.289 e. The molecule has 3 rings (SSSR count). The summed E-state index contributed by atoms with van der Waals surface area (Å²) < 4.78 is 5.60. The van der Waals surface area contributed by atoms with Gasteiger partial charge in [-0.05, 0) is 25.0 Å². The Morgan fingerprint density at radius 2 is 2.27 bits per heavy atom. The van der Waals surface area contributed by atoms with Crippen LogP contribution in [0.15, 0.2) is 23.0 Å². The van der Waals surface area contributed by atoms with Gasteiger partial charge in [0, 0.05) is 37.8 Å². The number of aryl methyl sites for hydroxylation is 3. The molecule has 1 saturated heterocycles. The third-order valence-electron chi connectivity index (χ3n) is 4.65. The molecular weight excluding hydrogens is 336 g/mol. The van der Waals surface area contributed by atoms with Crippen molar-refractivity contribution in [1.29, 1.82) is 0 Å². The quantitative estimate of drug-likeness (QED) is 0.706. The van der Waals surface area contributed by atoms with Crippen LogP contribution in [-0.4, -0.2) is 57.0 Å². The zero-order valence-corrected chi connectivity index (χ0v) is 15.0. The molecule has 0 unspecified atom stereocenters. The van der Waals surface area contributed by atoms with Gasteiger partial charge in [-0.2, -0.15) is 0 Å². The van der Waals surface area contributed by atoms with Crippen LogP contribution in [0.4, 0.5) is 0 Å². The SMILES string of the molecule is CCc1oc(C(=O)N2C[C@@H](O)[C@@H](NC(=O)CCc3cnc[nH]3)C2)cc1C. The van der Waals surface area contributed by atoms with E-state index >= 15 is 0 Å². The molecule has 1 aliphatic rings. The molecule has 140 valence electrons. The van der Waals surface area contributed by atoms with Crippen molar-refractivity contribution in [2.24, 2.45) is 0 Å². The predicted molar refractivity (Wildman–Crippen MR) is 93.6 cm³/mol. The van der Waals surface area contributed by atoms with Gasteiger partial charge in [0.25, 0.3) is 5.91 Å². The highest BCUT2D eigenvalue weighted by Crippen LogP contribution is 2.20. The number of amides is 2. The first-order valence-electron chi connectivity index (χ1n) is 8.81. The van der Waals surface area contributed by atoms with Crippen molar-refractivity contribution in [1.82, 2.24) is 20.2 Å². The summed E-state index contributed by atoms with van der Waals surface area (Å²) in [5.41, 5.74) is 1.82. The molecule has 0 radical (unpaired) electrons. The molecule has 0 saturated carbocycles. The van der Waals surface area contributed by atoms with Crippen LogP contribution in [0.5, 0.6) is 0 Å². The Hall–Kier alpha value is -2.61. The fourth-order valence-corrected chi connectivity index (χ4v) is 3.17. The molecule has 2 atom stereocenters. The van der Waals surface area contributed by atoms with E-state index in [0.29, 0.717) is 6.42 Å². The number of hydrogen-bond acceptors (Lipinski definition) is 5. The lowest BCUT2D eigenvalue weighted by Gasteiger charge is -2.16. The Bertz CT molecular complexity index is 768. The second-order valence-corrected chi connectivity index (χ2v) is 6.60. The molecule has 8 nitrogen and oxygen atoms in total. The van der Waals surface area contributed by atoms with Crippen LogP contribution in [-0.2, 0) is 17.6 Å². The highest BCUT2D eigenvalue weighted by molar-refractivity contribution is 5.92. The van der Waals surface area contributed by atoms with Crippen LogP contribution in [0, 0.1) is 6.92 Å². The minimum atomic E-state index is -0.795. The highest BCUT2D eigenvalue weighted by Gasteiger charge is 2.36. The molecule has 3 N–H and O–H groups in total. The number of H-pyrrole nitrogens is 1. The Balaban J connectivity index is 1.54. The molecule has 26 heavy (non-hydrogen) atoms. The normalized spacial score (nSPS) is 19.7. The van der Waals surface area contributed by atoms with E-state index in [1.807, 2.05) is 13.8 Å². The van der Waals surface area contributed by atoms with Crippen molar-refractivity contribution in [2.75, 3.05) is 13.1 Å². The van der Waals surface area contributed by atoms with E-state index in [2.05, 4.69) is 15.3 Å². The van der Waals surface area contributed by atoms with Gasteiger partial charge in [0.2, 0.25) is 5.91 Å². The molecule has 1 fully saturated rings. The summed E-state index contributed by atoms with van der Waals surface area (Å²) in [4.78, 5) is 33.0. The van der Waals surface area contributed by atoms with Gasteiger partial charge in [-0.15, -0.1) is 0 Å². The number of carbonyl (C=O) groups is 2. The Labute approximate surface area is 151 Å². The average Bonchev–Trinajstić information content (AvgIpc) is 3.33. The third kappa shape index (κ3) is 3.96. The molecule has 1 aliphatic heterocycles. The van der Waals surface area contributed by atoms with Crippen molar-refractivity contribution >= 4 is 11.8 Å². The Morgan fingerprint density at radius 1 is 1.46 bits per heavy atom. The fraction of sp³-hybridized carbons (Fsp3) is 0.500. The maximum Gasteiger partial charge on any atom is 0.289 e. The van der Waals surface area contributed by atoms with Gasteiger partial charge >= 0.3 is 0 Å². The zero-order valence-electron chi connectivity index (χ0n) is 15.0. The number of aliphatic hydroxyl groups excluding tert-OH is 1. The summed E-state index contributed by atoms with van der Waals surface area (Å²) in [7, 11) is 0. The maximum absolute atomic E-state index is 12.6. The molecule has 2 aromatic rings. The van der Waals surface area contributed by atoms with E-state index in [-0.39, 0.29) is 37.1 Å². The first-order valence-corrected chi connectivity index (χ1v) is 8.81. The summed E-state index contributed by atoms with van der Waals surface area (Å²) in [6.07, 6.45) is 4.00. The van der Waals surface area contributed by atoms with E-state index in [1.54, 1.807) is 18.6 Å². The molecule has 3 heterocycles. The van der Waals surface area contributed by atoms with Crippen molar-refractivity contribution in [3.8, 4) is 0 Å². The number of furan rings is 1. The van der Waals surface area contributed by atoms with Gasteiger partial charge in [0.1, 0.15) is 5.76 Å². The van der Waals surface area contributed by atoms with E-state index in [9.17, 15) is 14.7 Å². The van der Waals surface area contributed by atoms with Gasteiger partial charge in [-0.3, -0.25) is 9.59 Å². The second-order valence-electron chi connectivity index (χ2n) is 6.60. The van der Waals surface area contributed by atoms with Crippen molar-refractivity contribution in [3.63, 3.8) is 0 Å². The Morgan fingerprint density at radius 3 is 2.92 bits per heavy atom. The minimum Gasteiger partial charge on any atom is -0.456 e. The molecule has 0 aromatic carbocycles. The van der Waals surface area contributed by atoms with Crippen LogP contribution in [0.1, 0.15) is 40.9 Å². The molecule has 0 bridgehead atoms. The topological polar surface area (TPSA) is 111 Å².